The number of esters is 2. The minimum absolute atomic E-state index is 0.194. The van der Waals surface area contributed by atoms with Crippen LogP contribution in [0.25, 0.3) is 11.0 Å². The molecule has 4 rings (SSSR count). The van der Waals surface area contributed by atoms with Crippen molar-refractivity contribution in [1.82, 2.24) is 19.9 Å². The molecule has 32 heavy (non-hydrogen) atoms. The first-order valence-corrected chi connectivity index (χ1v) is 10.7. The van der Waals surface area contributed by atoms with Gasteiger partial charge in [-0.15, -0.1) is 5.10 Å². The van der Waals surface area contributed by atoms with Gasteiger partial charge in [0.2, 0.25) is 0 Å². The molecular weight excluding hydrogens is 408 g/mol. The number of ether oxygens (including phenoxy) is 2. The fraction of sp³-hybridized carbons (Fsp3) is 0.333. The molecule has 0 bridgehead atoms. The number of carbonyl (C=O) groups excluding carboxylic acids is 2. The number of para-hydroxylation sites is 1. The molecule has 166 valence electrons. The lowest BCUT2D eigenvalue weighted by Crippen LogP contribution is -2.38. The van der Waals surface area contributed by atoms with Crippen LogP contribution < -0.4 is 0 Å². The quantitative estimate of drug-likeness (QED) is 0.453. The van der Waals surface area contributed by atoms with Crippen LogP contribution in [0.5, 0.6) is 0 Å². The number of carbonyl (C=O) groups is 2. The van der Waals surface area contributed by atoms with E-state index in [9.17, 15) is 9.59 Å². The minimum Gasteiger partial charge on any atom is -0.469 e. The predicted molar refractivity (Wildman–Crippen MR) is 118 cm³/mol. The topological polar surface area (TPSA) is 86.5 Å². The Hall–Kier alpha value is -3.52. The van der Waals surface area contributed by atoms with Crippen LogP contribution in [-0.2, 0) is 25.6 Å². The highest BCUT2D eigenvalue weighted by Gasteiger charge is 2.28. The first-order valence-electron chi connectivity index (χ1n) is 10.7. The predicted octanol–water partition coefficient (Wildman–Crippen LogP) is 3.26. The van der Waals surface area contributed by atoms with Gasteiger partial charge in [0.05, 0.1) is 12.6 Å². The van der Waals surface area contributed by atoms with Gasteiger partial charge in [-0.05, 0) is 36.6 Å². The molecule has 8 nitrogen and oxygen atoms in total. The summed E-state index contributed by atoms with van der Waals surface area (Å²) in [6.07, 6.45) is 4.30. The van der Waals surface area contributed by atoms with Crippen molar-refractivity contribution in [3.8, 4) is 0 Å². The van der Waals surface area contributed by atoms with E-state index < -0.39 is 0 Å². The lowest BCUT2D eigenvalue weighted by molar-refractivity contribution is -0.141. The van der Waals surface area contributed by atoms with E-state index in [2.05, 4.69) is 27.3 Å². The van der Waals surface area contributed by atoms with Gasteiger partial charge in [0.1, 0.15) is 17.8 Å². The zero-order valence-corrected chi connectivity index (χ0v) is 18.0. The highest BCUT2D eigenvalue weighted by molar-refractivity contribution is 5.84. The van der Waals surface area contributed by atoms with Gasteiger partial charge in [0.15, 0.2) is 0 Å². The second-order valence-corrected chi connectivity index (χ2v) is 7.72. The van der Waals surface area contributed by atoms with Crippen molar-refractivity contribution >= 4 is 23.0 Å². The summed E-state index contributed by atoms with van der Waals surface area (Å²) in [5, 5.41) is 8.78. The van der Waals surface area contributed by atoms with Gasteiger partial charge in [-0.3, -0.25) is 9.69 Å². The smallest absolute Gasteiger partial charge is 0.331 e. The van der Waals surface area contributed by atoms with E-state index in [1.54, 1.807) is 6.08 Å². The third-order valence-electron chi connectivity index (χ3n) is 5.51. The van der Waals surface area contributed by atoms with Crippen LogP contribution in [0, 0.1) is 0 Å². The number of rotatable bonds is 10. The van der Waals surface area contributed by atoms with Crippen LogP contribution >= 0.6 is 0 Å². The Kier molecular flexibility index (Phi) is 6.91. The van der Waals surface area contributed by atoms with Crippen LogP contribution in [0.3, 0.4) is 0 Å². The largest absolute Gasteiger partial charge is 0.469 e. The Labute approximate surface area is 186 Å². The maximum Gasteiger partial charge on any atom is 0.331 e. The summed E-state index contributed by atoms with van der Waals surface area (Å²) < 4.78 is 12.1. The van der Waals surface area contributed by atoms with Crippen LogP contribution in [0.4, 0.5) is 0 Å². The number of hydrogen-bond acceptors (Lipinski definition) is 7. The minimum atomic E-state index is -0.343. The fourth-order valence-electron chi connectivity index (χ4n) is 3.95. The summed E-state index contributed by atoms with van der Waals surface area (Å²) in [4.78, 5) is 25.6. The molecule has 0 saturated carbocycles. The first-order chi connectivity index (χ1) is 15.6. The van der Waals surface area contributed by atoms with Gasteiger partial charge in [-0.25, -0.2) is 9.48 Å². The summed E-state index contributed by atoms with van der Waals surface area (Å²) in [7, 11) is 1.40. The molecule has 0 saturated heterocycles. The molecule has 2 heterocycles. The van der Waals surface area contributed by atoms with Crippen molar-refractivity contribution in [2.24, 2.45) is 0 Å². The molecule has 8 heteroatoms. The van der Waals surface area contributed by atoms with E-state index in [-0.39, 0.29) is 24.2 Å². The normalized spacial score (nSPS) is 16.4. The zero-order valence-electron chi connectivity index (χ0n) is 18.0. The number of cyclic esters (lactones) is 1. The highest BCUT2D eigenvalue weighted by atomic mass is 16.5. The number of benzene rings is 2. The molecule has 0 radical (unpaired) electrons. The molecular formula is C24H26N4O4. The summed E-state index contributed by atoms with van der Waals surface area (Å²) >= 11 is 0. The third kappa shape index (κ3) is 5.20. The Morgan fingerprint density at radius 3 is 2.72 bits per heavy atom. The SMILES string of the molecule is COC(=O)CCCC(N(Cc1ccccc1)CC1C=CC(=O)O1)n1nnc2ccccc21. The van der Waals surface area contributed by atoms with Gasteiger partial charge in [0.25, 0.3) is 0 Å². The second kappa shape index (κ2) is 10.2. The summed E-state index contributed by atoms with van der Waals surface area (Å²) in [5.74, 6) is -0.572. The van der Waals surface area contributed by atoms with Crippen molar-refractivity contribution in [1.29, 1.82) is 0 Å². The van der Waals surface area contributed by atoms with E-state index in [4.69, 9.17) is 9.47 Å². The van der Waals surface area contributed by atoms with Crippen molar-refractivity contribution in [3.63, 3.8) is 0 Å². The molecule has 2 atom stereocenters. The summed E-state index contributed by atoms with van der Waals surface area (Å²) in [6, 6.07) is 17.9. The number of fused-ring (bicyclic) bond motifs is 1. The van der Waals surface area contributed by atoms with E-state index >= 15 is 0 Å². The van der Waals surface area contributed by atoms with Crippen LogP contribution in [-0.4, -0.2) is 51.6 Å². The zero-order chi connectivity index (χ0) is 22.3. The van der Waals surface area contributed by atoms with E-state index in [0.717, 1.165) is 16.6 Å². The number of nitrogens with zero attached hydrogens (tertiary/aromatic N) is 4. The highest BCUT2D eigenvalue weighted by Crippen LogP contribution is 2.27. The van der Waals surface area contributed by atoms with Crippen molar-refractivity contribution in [3.05, 3.63) is 72.3 Å². The van der Waals surface area contributed by atoms with Crippen molar-refractivity contribution in [2.45, 2.75) is 38.1 Å². The van der Waals surface area contributed by atoms with Gasteiger partial charge in [-0.1, -0.05) is 47.7 Å². The second-order valence-electron chi connectivity index (χ2n) is 7.72. The molecule has 3 aromatic rings. The third-order valence-corrected chi connectivity index (χ3v) is 5.51. The maximum atomic E-state index is 11.7. The Morgan fingerprint density at radius 2 is 1.97 bits per heavy atom. The maximum absolute atomic E-state index is 11.7. The molecule has 0 amide bonds. The van der Waals surface area contributed by atoms with Crippen molar-refractivity contribution in [2.75, 3.05) is 13.7 Å². The summed E-state index contributed by atoms with van der Waals surface area (Å²) in [5.41, 5.74) is 2.84. The van der Waals surface area contributed by atoms with Crippen LogP contribution in [0.1, 0.15) is 31.0 Å². The van der Waals surface area contributed by atoms with Crippen LogP contribution in [0.2, 0.25) is 0 Å². The number of hydrogen-bond donors (Lipinski definition) is 0. The number of aromatic nitrogens is 3. The van der Waals surface area contributed by atoms with Crippen molar-refractivity contribution < 1.29 is 19.1 Å². The molecule has 2 aromatic carbocycles. The average molecular weight is 434 g/mol. The first kappa shape index (κ1) is 21.7. The Morgan fingerprint density at radius 1 is 1.19 bits per heavy atom. The molecule has 0 fully saturated rings. The molecule has 0 aliphatic carbocycles. The van der Waals surface area contributed by atoms with Gasteiger partial charge >= 0.3 is 11.9 Å². The molecule has 1 aromatic heterocycles. The lowest BCUT2D eigenvalue weighted by atomic mass is 10.1. The van der Waals surface area contributed by atoms with Gasteiger partial charge in [-0.2, -0.15) is 0 Å². The van der Waals surface area contributed by atoms with Gasteiger partial charge < -0.3 is 9.47 Å². The lowest BCUT2D eigenvalue weighted by Gasteiger charge is -2.33. The van der Waals surface area contributed by atoms with E-state index in [1.165, 1.54) is 13.2 Å². The number of methoxy groups -OCH3 is 1. The molecule has 1 aliphatic heterocycles. The summed E-state index contributed by atoms with van der Waals surface area (Å²) in [6.45, 7) is 1.12. The molecule has 0 N–H and O–H groups in total. The van der Waals surface area contributed by atoms with Gasteiger partial charge in [0, 0.05) is 25.6 Å². The molecule has 1 aliphatic rings. The fourth-order valence-corrected chi connectivity index (χ4v) is 3.95. The standard InChI is InChI=1S/C24H26N4O4/c1-31-23(29)13-7-12-22(28-21-11-6-5-10-20(21)25-26-28)27(16-18-8-3-2-4-9-18)17-19-14-15-24(30)32-19/h2-6,8-11,14-15,19,22H,7,12-13,16-17H2,1H3. The van der Waals surface area contributed by atoms with Crippen LogP contribution in [0.15, 0.2) is 66.7 Å². The Bertz CT molecular complexity index is 1100. The Balaban J connectivity index is 1.66. The molecule has 0 spiro atoms. The molecule has 2 unspecified atom stereocenters. The van der Waals surface area contributed by atoms with E-state index in [1.807, 2.05) is 47.1 Å². The van der Waals surface area contributed by atoms with E-state index in [0.29, 0.717) is 32.4 Å². The average Bonchev–Trinajstić information content (AvgIpc) is 3.43. The monoisotopic (exact) mass is 434 g/mol.